The smallest absolute Gasteiger partial charge is 0.217 e. The molecule has 1 aliphatic rings. The third kappa shape index (κ3) is 3.27. The van der Waals surface area contributed by atoms with Crippen LogP contribution in [0.25, 0.3) is 0 Å². The lowest BCUT2D eigenvalue weighted by atomic mass is 9.84. The van der Waals surface area contributed by atoms with E-state index in [-0.39, 0.29) is 12.1 Å². The van der Waals surface area contributed by atoms with Crippen LogP contribution in [0.2, 0.25) is 0 Å². The molecule has 1 aromatic carbocycles. The van der Waals surface area contributed by atoms with Gasteiger partial charge in [0.25, 0.3) is 0 Å². The number of rotatable bonds is 5. The Labute approximate surface area is 164 Å². The van der Waals surface area contributed by atoms with Gasteiger partial charge in [-0.3, -0.25) is 10.3 Å². The monoisotopic (exact) mass is 377 g/mol. The van der Waals surface area contributed by atoms with Gasteiger partial charge in [-0.2, -0.15) is 0 Å². The van der Waals surface area contributed by atoms with Crippen LogP contribution >= 0.6 is 0 Å². The minimum atomic E-state index is -0.0125. The Kier molecular flexibility index (Phi) is 5.12. The summed E-state index contributed by atoms with van der Waals surface area (Å²) < 4.78 is 16.6. The number of methoxy groups -OCH3 is 3. The minimum absolute atomic E-state index is 0.0125. The second-order valence-electron chi connectivity index (χ2n) is 6.64. The zero-order valence-corrected chi connectivity index (χ0v) is 16.2. The lowest BCUT2D eigenvalue weighted by Crippen LogP contribution is -2.34. The van der Waals surface area contributed by atoms with Gasteiger partial charge in [-0.25, -0.2) is 4.98 Å². The molecule has 0 saturated heterocycles. The summed E-state index contributed by atoms with van der Waals surface area (Å²) in [6, 6.07) is 12.2. The summed E-state index contributed by atoms with van der Waals surface area (Å²) in [6.07, 6.45) is 6.16. The molecule has 0 spiro atoms. The number of aromatic nitrogens is 2. The number of ether oxygens (including phenoxy) is 3. The Balaban J connectivity index is 1.84. The van der Waals surface area contributed by atoms with Crippen molar-refractivity contribution in [3.8, 4) is 17.4 Å². The molecule has 1 N–H and O–H groups in total. The molecule has 0 aliphatic carbocycles. The van der Waals surface area contributed by atoms with E-state index in [2.05, 4.69) is 33.5 Å². The predicted molar refractivity (Wildman–Crippen MR) is 106 cm³/mol. The molecule has 0 amide bonds. The molecule has 28 heavy (non-hydrogen) atoms. The van der Waals surface area contributed by atoms with Crippen LogP contribution in [0.5, 0.6) is 17.4 Å². The lowest BCUT2D eigenvalue weighted by molar-refractivity contribution is 0.349. The molecular weight excluding hydrogens is 354 g/mol. The number of fused-ring (bicyclic) bond motifs is 1. The molecule has 4 rings (SSSR count). The van der Waals surface area contributed by atoms with Crippen LogP contribution in [0, 0.1) is 0 Å². The first-order chi connectivity index (χ1) is 13.7. The summed E-state index contributed by atoms with van der Waals surface area (Å²) in [5.74, 6) is 2.09. The molecule has 3 aromatic rings. The number of hydrogen-bond donors (Lipinski definition) is 1. The number of benzene rings is 1. The van der Waals surface area contributed by atoms with Crippen LogP contribution in [-0.4, -0.2) is 31.3 Å². The van der Waals surface area contributed by atoms with Crippen LogP contribution in [0.4, 0.5) is 0 Å². The van der Waals surface area contributed by atoms with E-state index >= 15 is 0 Å². The SMILES string of the molecule is COc1cc2c(cc1OC)[C@@H](c1ccncc1)N[C@@H](c1cccnc1OC)C2. The van der Waals surface area contributed by atoms with Crippen LogP contribution in [0.15, 0.2) is 55.0 Å². The van der Waals surface area contributed by atoms with Crippen molar-refractivity contribution in [2.45, 2.75) is 18.5 Å². The van der Waals surface area contributed by atoms with E-state index in [9.17, 15) is 0 Å². The average Bonchev–Trinajstić information content (AvgIpc) is 2.77. The van der Waals surface area contributed by atoms with Crippen molar-refractivity contribution in [1.82, 2.24) is 15.3 Å². The molecule has 0 unspecified atom stereocenters. The fraction of sp³-hybridized carbons (Fsp3) is 0.273. The fourth-order valence-corrected chi connectivity index (χ4v) is 3.82. The van der Waals surface area contributed by atoms with Gasteiger partial charge < -0.3 is 14.2 Å². The molecule has 6 nitrogen and oxygen atoms in total. The van der Waals surface area contributed by atoms with E-state index in [0.717, 1.165) is 29.0 Å². The fourth-order valence-electron chi connectivity index (χ4n) is 3.82. The van der Waals surface area contributed by atoms with Gasteiger partial charge in [0.05, 0.1) is 27.4 Å². The Hall–Kier alpha value is -3.12. The van der Waals surface area contributed by atoms with Crippen LogP contribution in [0.3, 0.4) is 0 Å². The van der Waals surface area contributed by atoms with Crippen molar-refractivity contribution < 1.29 is 14.2 Å². The molecule has 3 heterocycles. The molecule has 144 valence electrons. The number of nitrogens with one attached hydrogen (secondary N) is 1. The van der Waals surface area contributed by atoms with Gasteiger partial charge in [0, 0.05) is 30.2 Å². The molecule has 2 atom stereocenters. The molecule has 6 heteroatoms. The quantitative estimate of drug-likeness (QED) is 0.734. The van der Waals surface area contributed by atoms with Gasteiger partial charge in [0.1, 0.15) is 0 Å². The van der Waals surface area contributed by atoms with Gasteiger partial charge in [0.2, 0.25) is 5.88 Å². The van der Waals surface area contributed by atoms with E-state index < -0.39 is 0 Å². The van der Waals surface area contributed by atoms with Crippen LogP contribution < -0.4 is 19.5 Å². The maximum atomic E-state index is 5.54. The summed E-state index contributed by atoms with van der Waals surface area (Å²) in [4.78, 5) is 8.53. The minimum Gasteiger partial charge on any atom is -0.493 e. The Morgan fingerprint density at radius 1 is 0.893 bits per heavy atom. The second kappa shape index (κ2) is 7.86. The normalized spacial score (nSPS) is 18.2. The third-order valence-electron chi connectivity index (χ3n) is 5.16. The van der Waals surface area contributed by atoms with E-state index in [4.69, 9.17) is 14.2 Å². The largest absolute Gasteiger partial charge is 0.493 e. The zero-order chi connectivity index (χ0) is 19.5. The number of nitrogens with zero attached hydrogens (tertiary/aromatic N) is 2. The molecular formula is C22H23N3O3. The van der Waals surface area contributed by atoms with E-state index in [1.54, 1.807) is 27.5 Å². The summed E-state index contributed by atoms with van der Waals surface area (Å²) in [5, 5.41) is 3.76. The molecule has 1 aliphatic heterocycles. The third-order valence-corrected chi connectivity index (χ3v) is 5.16. The molecule has 0 radical (unpaired) electrons. The van der Waals surface area contributed by atoms with Crippen molar-refractivity contribution in [3.63, 3.8) is 0 Å². The first kappa shape index (κ1) is 18.3. The van der Waals surface area contributed by atoms with Crippen molar-refractivity contribution in [3.05, 3.63) is 77.2 Å². The van der Waals surface area contributed by atoms with E-state index in [1.165, 1.54) is 11.1 Å². The Bertz CT molecular complexity index is 962. The van der Waals surface area contributed by atoms with E-state index in [1.807, 2.05) is 30.6 Å². The number of pyridine rings is 2. The van der Waals surface area contributed by atoms with Crippen molar-refractivity contribution in [2.24, 2.45) is 0 Å². The summed E-state index contributed by atoms with van der Waals surface area (Å²) in [7, 11) is 4.97. The topological polar surface area (TPSA) is 65.5 Å². The highest BCUT2D eigenvalue weighted by atomic mass is 16.5. The summed E-state index contributed by atoms with van der Waals surface area (Å²) >= 11 is 0. The van der Waals surface area contributed by atoms with Crippen LogP contribution in [-0.2, 0) is 6.42 Å². The van der Waals surface area contributed by atoms with Gasteiger partial charge in [-0.1, -0.05) is 6.07 Å². The Morgan fingerprint density at radius 3 is 2.36 bits per heavy atom. The standard InChI is InChI=1S/C22H23N3O3/c1-26-19-12-15-11-18(16-5-4-8-24-22(16)28-3)25-21(14-6-9-23-10-7-14)17(15)13-20(19)27-2/h4-10,12-13,18,21,25H,11H2,1-3H3/t18-,21-/m1/s1. The Morgan fingerprint density at radius 2 is 1.64 bits per heavy atom. The van der Waals surface area contributed by atoms with Crippen molar-refractivity contribution in [1.29, 1.82) is 0 Å². The highest BCUT2D eigenvalue weighted by Crippen LogP contribution is 2.42. The summed E-state index contributed by atoms with van der Waals surface area (Å²) in [5.41, 5.74) is 4.54. The molecule has 2 aromatic heterocycles. The van der Waals surface area contributed by atoms with Crippen molar-refractivity contribution >= 4 is 0 Å². The zero-order valence-electron chi connectivity index (χ0n) is 16.2. The molecule has 0 bridgehead atoms. The van der Waals surface area contributed by atoms with Gasteiger partial charge in [-0.05, 0) is 53.4 Å². The molecule has 0 fully saturated rings. The maximum absolute atomic E-state index is 5.54. The lowest BCUT2D eigenvalue weighted by Gasteiger charge is -2.34. The highest BCUT2D eigenvalue weighted by molar-refractivity contribution is 5.52. The first-order valence-electron chi connectivity index (χ1n) is 9.14. The highest BCUT2D eigenvalue weighted by Gasteiger charge is 2.31. The van der Waals surface area contributed by atoms with Gasteiger partial charge in [0.15, 0.2) is 11.5 Å². The number of hydrogen-bond acceptors (Lipinski definition) is 6. The van der Waals surface area contributed by atoms with E-state index in [0.29, 0.717) is 5.88 Å². The van der Waals surface area contributed by atoms with Crippen LogP contribution in [0.1, 0.15) is 34.3 Å². The van der Waals surface area contributed by atoms with Crippen molar-refractivity contribution in [2.75, 3.05) is 21.3 Å². The molecule has 0 saturated carbocycles. The summed E-state index contributed by atoms with van der Waals surface area (Å²) in [6.45, 7) is 0. The van der Waals surface area contributed by atoms with Gasteiger partial charge in [-0.15, -0.1) is 0 Å². The first-order valence-corrected chi connectivity index (χ1v) is 9.14. The average molecular weight is 377 g/mol. The van der Waals surface area contributed by atoms with Gasteiger partial charge >= 0.3 is 0 Å². The predicted octanol–water partition coefficient (Wildman–Crippen LogP) is 3.48. The maximum Gasteiger partial charge on any atom is 0.217 e. The second-order valence-corrected chi connectivity index (χ2v) is 6.64.